The van der Waals surface area contributed by atoms with E-state index in [0.717, 1.165) is 87.1 Å². The fourth-order valence-electron chi connectivity index (χ4n) is 5.65. The van der Waals surface area contributed by atoms with E-state index in [9.17, 15) is 28.7 Å². The van der Waals surface area contributed by atoms with Gasteiger partial charge in [-0.2, -0.15) is 29.6 Å². The van der Waals surface area contributed by atoms with Crippen LogP contribution in [0.3, 0.4) is 0 Å². The van der Waals surface area contributed by atoms with E-state index in [4.69, 9.17) is 25.1 Å². The number of nitrogens with two attached hydrogens (primary N) is 2. The molecular formula is C58H110FN5O10S2. The molecule has 446 valence electrons. The van der Waals surface area contributed by atoms with E-state index >= 15 is 0 Å². The summed E-state index contributed by atoms with van der Waals surface area (Å²) >= 11 is 7.61. The summed E-state index contributed by atoms with van der Waals surface area (Å²) in [4.78, 5) is 44.8. The molecule has 0 radical (unpaired) electrons. The van der Waals surface area contributed by atoms with Gasteiger partial charge in [0.15, 0.2) is 0 Å². The molecule has 0 aliphatic carbocycles. The van der Waals surface area contributed by atoms with Gasteiger partial charge in [-0.25, -0.2) is 0 Å². The van der Waals surface area contributed by atoms with E-state index in [0.29, 0.717) is 44.8 Å². The number of benzene rings is 1. The average molecular weight is 1120 g/mol. The number of unbranched alkanes of at least 4 members (excludes halogenated alkanes) is 8. The Morgan fingerprint density at radius 3 is 1.87 bits per heavy atom. The molecule has 3 atom stereocenters. The number of ether oxygens (including phenoxy) is 4. The Bertz CT molecular complexity index is 1530. The number of halogens is 1. The highest BCUT2D eigenvalue weighted by molar-refractivity contribution is 7.80. The number of methoxy groups -OCH3 is 1. The van der Waals surface area contributed by atoms with Crippen molar-refractivity contribution in [2.24, 2.45) is 22.4 Å². The Balaban J connectivity index is -0.000000159. The second-order valence-electron chi connectivity index (χ2n) is 16.3. The van der Waals surface area contributed by atoms with Crippen molar-refractivity contribution in [3.63, 3.8) is 0 Å². The van der Waals surface area contributed by atoms with Crippen LogP contribution in [0.1, 0.15) is 171 Å². The van der Waals surface area contributed by atoms with Crippen molar-refractivity contribution in [3.8, 4) is 5.75 Å². The summed E-state index contributed by atoms with van der Waals surface area (Å²) in [6.45, 7) is 32.1. The van der Waals surface area contributed by atoms with Gasteiger partial charge in [-0.15, -0.1) is 6.58 Å². The van der Waals surface area contributed by atoms with Crippen LogP contribution < -0.4 is 26.8 Å². The number of aliphatic hydroxyl groups is 2. The van der Waals surface area contributed by atoms with Crippen molar-refractivity contribution in [2.75, 3.05) is 71.9 Å². The number of nitrogens with one attached hydrogen (secondary N) is 2. The topological polar surface area (TPSA) is 234 Å². The van der Waals surface area contributed by atoms with Gasteiger partial charge in [0.25, 0.3) is 0 Å². The highest BCUT2D eigenvalue weighted by atomic mass is 32.1. The number of aldehydes is 1. The highest BCUT2D eigenvalue weighted by Gasteiger charge is 2.16. The van der Waals surface area contributed by atoms with Crippen molar-refractivity contribution in [1.82, 2.24) is 10.6 Å². The minimum atomic E-state index is -1.19. The fourth-order valence-corrected chi connectivity index (χ4v) is 5.83. The third-order valence-corrected chi connectivity index (χ3v) is 9.95. The quantitative estimate of drug-likeness (QED) is 0.00585. The first-order valence-electron chi connectivity index (χ1n) is 27.0. The maximum Gasteiger partial charge on any atom is 0.304 e. The lowest BCUT2D eigenvalue weighted by Crippen LogP contribution is -2.23. The number of allylic oxidation sites excluding steroid dienone is 2. The Morgan fingerprint density at radius 1 is 0.842 bits per heavy atom. The number of carbonyl (C=O) groups excluding carboxylic acids is 4. The molecular weight excluding hydrogens is 1010 g/mol. The Labute approximate surface area is 473 Å². The number of hydrogen-bond acceptors (Lipinski definition) is 15. The lowest BCUT2D eigenvalue weighted by molar-refractivity contribution is -0.134. The van der Waals surface area contributed by atoms with Gasteiger partial charge in [-0.3, -0.25) is 19.4 Å². The molecule has 0 aliphatic heterocycles. The van der Waals surface area contributed by atoms with E-state index in [-0.39, 0.29) is 31.6 Å². The third kappa shape index (κ3) is 74.2. The van der Waals surface area contributed by atoms with Crippen LogP contribution in [-0.2, 0) is 33.4 Å². The lowest BCUT2D eigenvalue weighted by Gasteiger charge is -2.12. The zero-order valence-electron chi connectivity index (χ0n) is 49.2. The predicted molar refractivity (Wildman–Crippen MR) is 327 cm³/mol. The zero-order chi connectivity index (χ0) is 59.6. The van der Waals surface area contributed by atoms with E-state index in [1.807, 2.05) is 85.7 Å². The largest absolute Gasteiger partial charge is 0.508 e. The number of rotatable bonds is 39. The minimum absolute atomic E-state index is 0.0761. The van der Waals surface area contributed by atoms with E-state index in [1.165, 1.54) is 50.5 Å². The molecule has 1 rings (SSSR count). The van der Waals surface area contributed by atoms with Crippen molar-refractivity contribution < 1.29 is 52.7 Å². The highest BCUT2D eigenvalue weighted by Crippen LogP contribution is 2.18. The van der Waals surface area contributed by atoms with Gasteiger partial charge < -0.3 is 56.1 Å². The first kappa shape index (κ1) is 85.9. The molecule has 0 heterocycles. The number of carbonyl (C=O) groups is 4. The fraction of sp³-hybridized carbons (Fsp3) is 0.672. The lowest BCUT2D eigenvalue weighted by atomic mass is 9.98. The Morgan fingerprint density at radius 2 is 1.41 bits per heavy atom. The predicted octanol–water partition coefficient (Wildman–Crippen LogP) is 11.9. The van der Waals surface area contributed by atoms with Crippen LogP contribution >= 0.6 is 25.3 Å². The van der Waals surface area contributed by atoms with Crippen LogP contribution in [0.2, 0.25) is 0 Å². The van der Waals surface area contributed by atoms with Gasteiger partial charge in [-0.05, 0) is 109 Å². The molecule has 0 saturated carbocycles. The summed E-state index contributed by atoms with van der Waals surface area (Å²) < 4.78 is 33.2. The van der Waals surface area contributed by atoms with Crippen molar-refractivity contribution in [3.05, 3.63) is 72.6 Å². The smallest absolute Gasteiger partial charge is 0.304 e. The minimum Gasteiger partial charge on any atom is -0.508 e. The van der Waals surface area contributed by atoms with Crippen LogP contribution in [0.15, 0.2) is 72.0 Å². The molecule has 15 nitrogen and oxygen atoms in total. The van der Waals surface area contributed by atoms with Gasteiger partial charge in [0, 0.05) is 55.2 Å². The summed E-state index contributed by atoms with van der Waals surface area (Å²) in [5.74, 6) is 0.669. The summed E-state index contributed by atoms with van der Waals surface area (Å²) in [5, 5.41) is 23.2. The molecule has 8 N–H and O–H groups in total. The summed E-state index contributed by atoms with van der Waals surface area (Å²) in [6, 6.07) is 6.06. The maximum atomic E-state index is 12.8. The summed E-state index contributed by atoms with van der Waals surface area (Å²) in [7, 11) is 1.63. The zero-order valence-corrected chi connectivity index (χ0v) is 51.0. The normalized spacial score (nSPS) is 11.1. The van der Waals surface area contributed by atoms with Crippen LogP contribution in [0.25, 0.3) is 5.76 Å². The van der Waals surface area contributed by atoms with Gasteiger partial charge in [-0.1, -0.05) is 111 Å². The average Bonchev–Trinajstić information content (AvgIpc) is 3.42. The molecule has 2 amide bonds. The number of nitrogens with zero attached hydrogens (tertiary/aromatic N) is 1. The van der Waals surface area contributed by atoms with Crippen molar-refractivity contribution in [2.45, 2.75) is 177 Å². The molecule has 0 fully saturated rings. The van der Waals surface area contributed by atoms with E-state index in [1.54, 1.807) is 19.6 Å². The molecule has 1 aromatic rings. The van der Waals surface area contributed by atoms with Crippen molar-refractivity contribution >= 4 is 61.9 Å². The Hall–Kier alpha value is -4.04. The number of amides is 2. The second kappa shape index (κ2) is 73.0. The maximum absolute atomic E-state index is 12.8. The number of hydrogen-bond donors (Lipinski definition) is 8. The molecule has 0 bridgehead atoms. The second-order valence-corrected chi connectivity index (χ2v) is 16.8. The number of primary amides is 1. The Kier molecular flexibility index (Phi) is 82.5. The van der Waals surface area contributed by atoms with Crippen LogP contribution in [0.5, 0.6) is 5.75 Å². The number of aliphatic hydroxyl groups excluding tert-OH is 2. The first-order chi connectivity index (χ1) is 36.5. The van der Waals surface area contributed by atoms with Crippen LogP contribution in [-0.4, -0.2) is 125 Å². The number of aliphatic imine (C=N–C) groups is 1. The molecule has 3 unspecified atom stereocenters. The van der Waals surface area contributed by atoms with Crippen LogP contribution in [0, 0.1) is 5.92 Å². The molecule has 0 saturated heterocycles. The third-order valence-electron chi connectivity index (χ3n) is 9.63. The summed E-state index contributed by atoms with van der Waals surface area (Å²) in [6.07, 6.45) is 23.3. The standard InChI is InChI=1S/C18H28O2.C15H28FNO3S.C8H14N2O.C8H15NO.C4H9NO3.2C2H6.CH4S/c1-3-4-5-6-7-8-9-10-15-20-18-13-11-17(12-14-18)16(2)19;1-13(12-20-10-9-19-2)17-8-4-3-6-14(15(16)18)7-5-11-21;1-3-8(10-4-2)5-7(9)6-11;1-7(2)4-5-8(3)9-6-10;5-4(7)3-8-2-1-6;3*1-2/h11-14,19H,2-10,15H2,1H3;14,17,21H,1,3-12H2,2H3;3-4,6-7H,5,9H2,1-2H3;6,8H,1,4-5H2,2-3H3,(H,9,10);6H,1-3H2,(H2,5,7);2*1-2H3;2H,1H3/b;;8-3-,10-4?;;;;;. The van der Waals surface area contributed by atoms with Gasteiger partial charge in [0.05, 0.1) is 45.7 Å². The molecule has 1 aromatic carbocycles. The van der Waals surface area contributed by atoms with Gasteiger partial charge in [0.2, 0.25) is 12.3 Å². The van der Waals surface area contributed by atoms with E-state index in [2.05, 4.69) is 78.0 Å². The molecule has 18 heteroatoms. The van der Waals surface area contributed by atoms with Gasteiger partial charge >= 0.3 is 6.04 Å². The molecule has 0 spiro atoms. The first-order valence-corrected chi connectivity index (χ1v) is 28.6. The summed E-state index contributed by atoms with van der Waals surface area (Å²) in [5.41, 5.74) is 13.7. The van der Waals surface area contributed by atoms with Gasteiger partial charge in [0.1, 0.15) is 24.4 Å². The molecule has 0 aromatic heterocycles. The van der Waals surface area contributed by atoms with Crippen LogP contribution in [0.4, 0.5) is 4.39 Å². The number of thiol groups is 2. The monoisotopic (exact) mass is 1120 g/mol. The molecule has 76 heavy (non-hydrogen) atoms. The molecule has 0 aliphatic rings. The van der Waals surface area contributed by atoms with E-state index < -0.39 is 23.9 Å². The SMILES string of the molecule is C=C(C)CCC(C)NC=O.C=C(COCCOC)NCCCCC(CCCS)C(=O)F.C=C(O)c1ccc(OCCCCCCCCCC)cc1.CC.CC.CC=N/C(=C\C)CC(N)C=O.CS.NC(=O)COCCO. The van der Waals surface area contributed by atoms with Crippen molar-refractivity contribution in [1.29, 1.82) is 0 Å².